The predicted octanol–water partition coefficient (Wildman–Crippen LogP) is 3.15. The Morgan fingerprint density at radius 1 is 1.30 bits per heavy atom. The summed E-state index contributed by atoms with van der Waals surface area (Å²) in [4.78, 5) is -0.538. The molecule has 0 radical (unpaired) electrons. The van der Waals surface area contributed by atoms with Crippen LogP contribution in [0.3, 0.4) is 0 Å². The maximum absolute atomic E-state index is 13.7. The molecule has 1 heterocycles. The molecule has 0 saturated carbocycles. The van der Waals surface area contributed by atoms with Gasteiger partial charge in [-0.1, -0.05) is 0 Å². The third-order valence-corrected chi connectivity index (χ3v) is 6.57. The molecule has 0 aliphatic carbocycles. The Kier molecular flexibility index (Phi) is 5.44. The van der Waals surface area contributed by atoms with Crippen LogP contribution in [0.15, 0.2) is 21.5 Å². The highest BCUT2D eigenvalue weighted by atomic mass is 79.9. The van der Waals surface area contributed by atoms with Crippen molar-refractivity contribution in [3.8, 4) is 0 Å². The molecule has 1 aromatic rings. The molecule has 0 aromatic heterocycles. The lowest BCUT2D eigenvalue weighted by atomic mass is 10.0. The summed E-state index contributed by atoms with van der Waals surface area (Å²) < 4.78 is 53.2. The fraction of sp³-hybridized carbons (Fsp3) is 0.500. The summed E-state index contributed by atoms with van der Waals surface area (Å²) >= 11 is 4.75. The number of rotatable bonds is 4. The Morgan fingerprint density at radius 3 is 2.55 bits per heavy atom. The molecule has 0 amide bonds. The van der Waals surface area contributed by atoms with Gasteiger partial charge in [-0.2, -0.15) is 11.8 Å². The van der Waals surface area contributed by atoms with E-state index in [1.165, 1.54) is 0 Å². The zero-order chi connectivity index (χ0) is 14.8. The van der Waals surface area contributed by atoms with E-state index in [0.717, 1.165) is 30.4 Å². The van der Waals surface area contributed by atoms with E-state index in [4.69, 9.17) is 0 Å². The Hall–Kier alpha value is -0.180. The highest BCUT2D eigenvalue weighted by Crippen LogP contribution is 2.27. The number of benzene rings is 1. The van der Waals surface area contributed by atoms with Crippen LogP contribution in [0.25, 0.3) is 0 Å². The molecule has 2 rings (SSSR count). The van der Waals surface area contributed by atoms with E-state index in [9.17, 15) is 17.2 Å². The normalized spacial score (nSPS) is 17.4. The van der Waals surface area contributed by atoms with E-state index < -0.39 is 26.6 Å². The molecule has 112 valence electrons. The summed E-state index contributed by atoms with van der Waals surface area (Å²) in [5, 5.41) is 0. The van der Waals surface area contributed by atoms with Gasteiger partial charge in [0.1, 0.15) is 16.5 Å². The van der Waals surface area contributed by atoms with Gasteiger partial charge in [-0.05, 0) is 52.3 Å². The van der Waals surface area contributed by atoms with Gasteiger partial charge in [-0.3, -0.25) is 0 Å². The third-order valence-electron chi connectivity index (χ3n) is 3.13. The summed E-state index contributed by atoms with van der Waals surface area (Å²) in [5.41, 5.74) is 0. The second kappa shape index (κ2) is 6.72. The second-order valence-corrected chi connectivity index (χ2v) is 8.39. The van der Waals surface area contributed by atoms with E-state index >= 15 is 0 Å². The van der Waals surface area contributed by atoms with Crippen LogP contribution in [-0.4, -0.2) is 26.5 Å². The molecule has 1 aliphatic heterocycles. The fourth-order valence-electron chi connectivity index (χ4n) is 2.04. The molecule has 8 heteroatoms. The minimum Gasteiger partial charge on any atom is -0.211 e. The SMILES string of the molecule is O=S(=O)(NCC1CCSCC1)c1c(F)cc(F)cc1Br. The zero-order valence-corrected chi connectivity index (χ0v) is 13.8. The number of sulfonamides is 1. The molecule has 3 nitrogen and oxygen atoms in total. The molecule has 0 spiro atoms. The molecule has 20 heavy (non-hydrogen) atoms. The lowest BCUT2D eigenvalue weighted by molar-refractivity contribution is 0.474. The van der Waals surface area contributed by atoms with Crippen molar-refractivity contribution >= 4 is 37.7 Å². The van der Waals surface area contributed by atoms with Gasteiger partial charge < -0.3 is 0 Å². The van der Waals surface area contributed by atoms with Crippen LogP contribution < -0.4 is 4.72 Å². The third kappa shape index (κ3) is 3.93. The number of thioether (sulfide) groups is 1. The summed E-state index contributed by atoms with van der Waals surface area (Å²) in [6.45, 7) is 0.284. The van der Waals surface area contributed by atoms with Crippen LogP contribution in [0.1, 0.15) is 12.8 Å². The first kappa shape index (κ1) is 16.2. The lowest BCUT2D eigenvalue weighted by Gasteiger charge is -2.21. The predicted molar refractivity (Wildman–Crippen MR) is 79.3 cm³/mol. The van der Waals surface area contributed by atoms with E-state index in [1.807, 2.05) is 11.8 Å². The van der Waals surface area contributed by atoms with Crippen LogP contribution in [-0.2, 0) is 10.0 Å². The van der Waals surface area contributed by atoms with Crippen molar-refractivity contribution in [3.63, 3.8) is 0 Å². The largest absolute Gasteiger partial charge is 0.244 e. The van der Waals surface area contributed by atoms with Crippen molar-refractivity contribution in [3.05, 3.63) is 28.2 Å². The Labute approximate surface area is 129 Å². The van der Waals surface area contributed by atoms with Gasteiger partial charge >= 0.3 is 0 Å². The van der Waals surface area contributed by atoms with Crippen LogP contribution >= 0.6 is 27.7 Å². The maximum atomic E-state index is 13.7. The maximum Gasteiger partial charge on any atom is 0.244 e. The van der Waals surface area contributed by atoms with Crippen molar-refractivity contribution < 1.29 is 17.2 Å². The minimum absolute atomic E-state index is 0.110. The first-order valence-electron chi connectivity index (χ1n) is 6.12. The van der Waals surface area contributed by atoms with Crippen LogP contribution in [0.2, 0.25) is 0 Å². The monoisotopic (exact) mass is 385 g/mol. The Bertz CT molecular complexity index is 566. The van der Waals surface area contributed by atoms with Gasteiger partial charge in [0.25, 0.3) is 0 Å². The first-order valence-corrected chi connectivity index (χ1v) is 9.55. The quantitative estimate of drug-likeness (QED) is 0.865. The summed E-state index contributed by atoms with van der Waals surface area (Å²) in [6, 6.07) is 1.51. The van der Waals surface area contributed by atoms with Crippen molar-refractivity contribution in [2.24, 2.45) is 5.92 Å². The van der Waals surface area contributed by atoms with Gasteiger partial charge in [-0.25, -0.2) is 21.9 Å². The van der Waals surface area contributed by atoms with E-state index in [2.05, 4.69) is 20.7 Å². The van der Waals surface area contributed by atoms with Crippen molar-refractivity contribution in [2.75, 3.05) is 18.1 Å². The Balaban J connectivity index is 2.14. The highest BCUT2D eigenvalue weighted by molar-refractivity contribution is 9.10. The van der Waals surface area contributed by atoms with Crippen molar-refractivity contribution in [1.82, 2.24) is 4.72 Å². The van der Waals surface area contributed by atoms with E-state index in [1.54, 1.807) is 0 Å². The van der Waals surface area contributed by atoms with Crippen LogP contribution in [0.5, 0.6) is 0 Å². The number of hydrogen-bond acceptors (Lipinski definition) is 3. The molecule has 1 N–H and O–H groups in total. The van der Waals surface area contributed by atoms with Gasteiger partial charge in [-0.15, -0.1) is 0 Å². The molecule has 0 atom stereocenters. The number of hydrogen-bond donors (Lipinski definition) is 1. The summed E-state index contributed by atoms with van der Waals surface area (Å²) in [7, 11) is -3.98. The van der Waals surface area contributed by atoms with Crippen LogP contribution in [0.4, 0.5) is 8.78 Å². The highest BCUT2D eigenvalue weighted by Gasteiger charge is 2.25. The molecule has 1 aromatic carbocycles. The van der Waals surface area contributed by atoms with Crippen molar-refractivity contribution in [2.45, 2.75) is 17.7 Å². The van der Waals surface area contributed by atoms with Crippen molar-refractivity contribution in [1.29, 1.82) is 0 Å². The summed E-state index contributed by atoms with van der Waals surface area (Å²) in [6.07, 6.45) is 1.89. The van der Waals surface area contributed by atoms with E-state index in [0.29, 0.717) is 6.07 Å². The van der Waals surface area contributed by atoms with Crippen LogP contribution in [0, 0.1) is 17.6 Å². The standard InChI is InChI=1S/C12H14BrF2NO2S2/c13-10-5-9(14)6-11(15)12(10)20(17,18)16-7-8-1-3-19-4-2-8/h5-6,8,16H,1-4,7H2. The topological polar surface area (TPSA) is 46.2 Å². The van der Waals surface area contributed by atoms with Gasteiger partial charge in [0, 0.05) is 17.1 Å². The molecular formula is C12H14BrF2NO2S2. The second-order valence-electron chi connectivity index (χ2n) is 4.61. The van der Waals surface area contributed by atoms with Gasteiger partial charge in [0.15, 0.2) is 0 Å². The van der Waals surface area contributed by atoms with Gasteiger partial charge in [0.2, 0.25) is 10.0 Å². The van der Waals surface area contributed by atoms with E-state index in [-0.39, 0.29) is 16.9 Å². The number of halogens is 3. The summed E-state index contributed by atoms with van der Waals surface area (Å²) in [5.74, 6) is 0.386. The average Bonchev–Trinajstić information content (AvgIpc) is 2.36. The fourth-order valence-corrected chi connectivity index (χ4v) is 5.52. The molecule has 1 saturated heterocycles. The lowest BCUT2D eigenvalue weighted by Crippen LogP contribution is -2.31. The van der Waals surface area contributed by atoms with Gasteiger partial charge in [0.05, 0.1) is 0 Å². The smallest absolute Gasteiger partial charge is 0.211 e. The number of nitrogens with one attached hydrogen (secondary N) is 1. The zero-order valence-electron chi connectivity index (χ0n) is 10.5. The molecule has 0 unspecified atom stereocenters. The molecule has 1 aliphatic rings. The average molecular weight is 386 g/mol. The molecule has 0 bridgehead atoms. The Morgan fingerprint density at radius 2 is 1.95 bits per heavy atom. The minimum atomic E-state index is -3.98. The molecular weight excluding hydrogens is 372 g/mol. The molecule has 1 fully saturated rings. The first-order chi connectivity index (χ1) is 9.40.